The Morgan fingerprint density at radius 2 is 2.08 bits per heavy atom. The molecule has 2 rings (SSSR count). The lowest BCUT2D eigenvalue weighted by Gasteiger charge is -2.19. The van der Waals surface area contributed by atoms with Gasteiger partial charge in [0.1, 0.15) is 0 Å². The number of rotatable bonds is 0. The van der Waals surface area contributed by atoms with Crippen LogP contribution in [0.5, 0.6) is 0 Å². The fourth-order valence-corrected chi connectivity index (χ4v) is 1.55. The molecule has 0 amide bonds. The molecule has 0 N–H and O–H groups in total. The second-order valence-electron chi connectivity index (χ2n) is 4.36. The van der Waals surface area contributed by atoms with Gasteiger partial charge in [0.2, 0.25) is 0 Å². The van der Waals surface area contributed by atoms with Crippen molar-refractivity contribution in [2.24, 2.45) is 0 Å². The maximum Gasteiger partial charge on any atom is 0.0990 e. The van der Waals surface area contributed by atoms with Gasteiger partial charge in [0.25, 0.3) is 0 Å². The van der Waals surface area contributed by atoms with E-state index in [9.17, 15) is 0 Å². The third-order valence-electron chi connectivity index (χ3n) is 2.26. The molecule has 68 valence electrons. The van der Waals surface area contributed by atoms with Crippen LogP contribution < -0.4 is 0 Å². The molecule has 0 saturated heterocycles. The predicted octanol–water partition coefficient (Wildman–Crippen LogP) is 2.63. The number of nitrogens with zero attached hydrogens (tertiary/aromatic N) is 2. The third kappa shape index (κ3) is 1.32. The van der Waals surface area contributed by atoms with E-state index in [1.54, 1.807) is 0 Å². The molecule has 0 aliphatic carbocycles. The zero-order valence-electron chi connectivity index (χ0n) is 8.28. The van der Waals surface area contributed by atoms with E-state index in [0.717, 1.165) is 0 Å². The minimum atomic E-state index is 0.161. The highest BCUT2D eigenvalue weighted by Crippen LogP contribution is 2.25. The van der Waals surface area contributed by atoms with Gasteiger partial charge in [-0.15, -0.1) is 0 Å². The Morgan fingerprint density at radius 1 is 1.31 bits per heavy atom. The summed E-state index contributed by atoms with van der Waals surface area (Å²) in [6, 6.07) is 4.18. The zero-order chi connectivity index (χ0) is 9.47. The van der Waals surface area contributed by atoms with Crippen molar-refractivity contribution in [1.29, 1.82) is 0 Å². The van der Waals surface area contributed by atoms with E-state index in [2.05, 4.69) is 36.2 Å². The summed E-state index contributed by atoms with van der Waals surface area (Å²) in [6.45, 7) is 6.62. The van der Waals surface area contributed by atoms with Gasteiger partial charge in [-0.05, 0) is 23.1 Å². The lowest BCUT2D eigenvalue weighted by atomic mass is 9.88. The van der Waals surface area contributed by atoms with E-state index in [-0.39, 0.29) is 5.41 Å². The molecule has 0 unspecified atom stereocenters. The first-order valence-corrected chi connectivity index (χ1v) is 4.50. The van der Waals surface area contributed by atoms with Crippen molar-refractivity contribution in [2.75, 3.05) is 0 Å². The molecule has 13 heavy (non-hydrogen) atoms. The second kappa shape index (κ2) is 2.59. The Balaban J connectivity index is 2.75. The monoisotopic (exact) mass is 174 g/mol. The van der Waals surface area contributed by atoms with Crippen LogP contribution in [0, 0.1) is 0 Å². The van der Waals surface area contributed by atoms with Gasteiger partial charge in [-0.2, -0.15) is 0 Å². The van der Waals surface area contributed by atoms with Crippen LogP contribution in [0.1, 0.15) is 26.3 Å². The van der Waals surface area contributed by atoms with Gasteiger partial charge in [0, 0.05) is 12.4 Å². The smallest absolute Gasteiger partial charge is 0.0990 e. The Hall–Kier alpha value is -1.31. The third-order valence-corrected chi connectivity index (χ3v) is 2.26. The van der Waals surface area contributed by atoms with Crippen molar-refractivity contribution < 1.29 is 0 Å². The van der Waals surface area contributed by atoms with Crippen LogP contribution in [-0.2, 0) is 5.41 Å². The van der Waals surface area contributed by atoms with Crippen LogP contribution in [0.3, 0.4) is 0 Å². The van der Waals surface area contributed by atoms with E-state index in [1.807, 2.05) is 24.8 Å². The quantitative estimate of drug-likeness (QED) is 0.600. The van der Waals surface area contributed by atoms with E-state index in [1.165, 1.54) is 11.1 Å². The highest BCUT2D eigenvalue weighted by atomic mass is 14.9. The molecule has 0 saturated carbocycles. The molecule has 2 heterocycles. The van der Waals surface area contributed by atoms with Gasteiger partial charge in [0.15, 0.2) is 0 Å². The summed E-state index contributed by atoms with van der Waals surface area (Å²) in [6.07, 6.45) is 5.82. The Morgan fingerprint density at radius 3 is 2.77 bits per heavy atom. The van der Waals surface area contributed by atoms with Gasteiger partial charge in [-0.3, -0.25) is 0 Å². The molecule has 0 fully saturated rings. The molecular formula is C11H14N2. The van der Waals surface area contributed by atoms with Crippen LogP contribution in [0.25, 0.3) is 5.52 Å². The molecule has 0 bridgehead atoms. The van der Waals surface area contributed by atoms with Gasteiger partial charge in [-0.1, -0.05) is 20.8 Å². The maximum atomic E-state index is 4.21. The number of fused-ring (bicyclic) bond motifs is 1. The SMILES string of the molecule is CC(C)(C)c1cncn2cccc12. The summed E-state index contributed by atoms with van der Waals surface area (Å²) in [7, 11) is 0. The first kappa shape index (κ1) is 8.30. The summed E-state index contributed by atoms with van der Waals surface area (Å²) >= 11 is 0. The normalized spacial score (nSPS) is 12.2. The van der Waals surface area contributed by atoms with E-state index >= 15 is 0 Å². The second-order valence-corrected chi connectivity index (χ2v) is 4.36. The predicted molar refractivity (Wildman–Crippen MR) is 53.9 cm³/mol. The lowest BCUT2D eigenvalue weighted by Crippen LogP contribution is -2.12. The molecule has 2 aromatic rings. The minimum absolute atomic E-state index is 0.161. The standard InChI is InChI=1S/C11H14N2/c1-11(2,3)9-7-12-8-13-6-4-5-10(9)13/h4-8H,1-3H3. The Labute approximate surface area is 78.2 Å². The highest BCUT2D eigenvalue weighted by Gasteiger charge is 2.16. The molecule has 0 aromatic carbocycles. The van der Waals surface area contributed by atoms with Crippen LogP contribution in [0.2, 0.25) is 0 Å². The molecule has 0 aliphatic rings. The average Bonchev–Trinajstić information content (AvgIpc) is 2.48. The molecule has 2 aromatic heterocycles. The van der Waals surface area contributed by atoms with Crippen LogP contribution in [-0.4, -0.2) is 9.38 Å². The van der Waals surface area contributed by atoms with Crippen molar-refractivity contribution in [1.82, 2.24) is 9.38 Å². The number of hydrogen-bond acceptors (Lipinski definition) is 1. The number of aromatic nitrogens is 2. The maximum absolute atomic E-state index is 4.21. The van der Waals surface area contributed by atoms with Crippen LogP contribution in [0.4, 0.5) is 0 Å². The van der Waals surface area contributed by atoms with Gasteiger partial charge in [-0.25, -0.2) is 4.98 Å². The first-order valence-electron chi connectivity index (χ1n) is 4.50. The van der Waals surface area contributed by atoms with Crippen molar-refractivity contribution in [2.45, 2.75) is 26.2 Å². The molecular weight excluding hydrogens is 160 g/mol. The first-order chi connectivity index (χ1) is 6.09. The molecule has 0 atom stereocenters. The summed E-state index contributed by atoms with van der Waals surface area (Å²) in [4.78, 5) is 4.21. The molecule has 0 spiro atoms. The Bertz CT molecular complexity index is 421. The van der Waals surface area contributed by atoms with Crippen molar-refractivity contribution in [3.63, 3.8) is 0 Å². The van der Waals surface area contributed by atoms with Crippen molar-refractivity contribution in [3.05, 3.63) is 36.4 Å². The lowest BCUT2D eigenvalue weighted by molar-refractivity contribution is 0.589. The molecule has 2 heteroatoms. The van der Waals surface area contributed by atoms with E-state index in [0.29, 0.717) is 0 Å². The summed E-state index contributed by atoms with van der Waals surface area (Å²) < 4.78 is 2.06. The van der Waals surface area contributed by atoms with E-state index < -0.39 is 0 Å². The van der Waals surface area contributed by atoms with Crippen LogP contribution >= 0.6 is 0 Å². The molecule has 0 radical (unpaired) electrons. The van der Waals surface area contributed by atoms with Gasteiger partial charge >= 0.3 is 0 Å². The largest absolute Gasteiger partial charge is 0.308 e. The van der Waals surface area contributed by atoms with E-state index in [4.69, 9.17) is 0 Å². The molecule has 0 aliphatic heterocycles. The van der Waals surface area contributed by atoms with Crippen molar-refractivity contribution in [3.8, 4) is 0 Å². The summed E-state index contributed by atoms with van der Waals surface area (Å²) in [5.41, 5.74) is 2.70. The Kier molecular flexibility index (Phi) is 1.65. The fraction of sp³-hybridized carbons (Fsp3) is 0.364. The topological polar surface area (TPSA) is 17.3 Å². The number of hydrogen-bond donors (Lipinski definition) is 0. The zero-order valence-corrected chi connectivity index (χ0v) is 8.28. The summed E-state index contributed by atoms with van der Waals surface area (Å²) in [5, 5.41) is 0. The van der Waals surface area contributed by atoms with Crippen LogP contribution in [0.15, 0.2) is 30.9 Å². The summed E-state index contributed by atoms with van der Waals surface area (Å²) in [5.74, 6) is 0. The average molecular weight is 174 g/mol. The fourth-order valence-electron chi connectivity index (χ4n) is 1.55. The minimum Gasteiger partial charge on any atom is -0.308 e. The van der Waals surface area contributed by atoms with Gasteiger partial charge in [0.05, 0.1) is 11.8 Å². The van der Waals surface area contributed by atoms with Crippen molar-refractivity contribution >= 4 is 5.52 Å². The molecule has 2 nitrogen and oxygen atoms in total. The van der Waals surface area contributed by atoms with Gasteiger partial charge < -0.3 is 4.40 Å². The highest BCUT2D eigenvalue weighted by molar-refractivity contribution is 5.56.